The average Bonchev–Trinajstić information content (AvgIpc) is 2.89. The van der Waals surface area contributed by atoms with Crippen molar-refractivity contribution in [3.63, 3.8) is 0 Å². The van der Waals surface area contributed by atoms with Gasteiger partial charge in [-0.05, 0) is 23.3 Å². The third kappa shape index (κ3) is 5.02. The lowest BCUT2D eigenvalue weighted by molar-refractivity contribution is -0.947. The van der Waals surface area contributed by atoms with Gasteiger partial charge in [-0.2, -0.15) is 0 Å². The minimum Gasteiger partial charge on any atom is -0.454 e. The first kappa shape index (κ1) is 22.7. The highest BCUT2D eigenvalue weighted by Crippen LogP contribution is 2.38. The van der Waals surface area contributed by atoms with E-state index in [2.05, 4.69) is 42.6 Å². The summed E-state index contributed by atoms with van der Waals surface area (Å²) in [6.07, 6.45) is 2.27. The highest BCUT2D eigenvalue weighted by molar-refractivity contribution is 5.81. The number of hydrogen-bond donors (Lipinski definition) is 1. The number of nitrogens with zero attached hydrogens (tertiary/aromatic N) is 1. The van der Waals surface area contributed by atoms with Crippen LogP contribution in [0.2, 0.25) is 0 Å². The van der Waals surface area contributed by atoms with Crippen molar-refractivity contribution in [2.24, 2.45) is 5.92 Å². The summed E-state index contributed by atoms with van der Waals surface area (Å²) in [7, 11) is 0. The molecule has 3 unspecified atom stereocenters. The van der Waals surface area contributed by atoms with Crippen molar-refractivity contribution in [2.75, 3.05) is 31.5 Å². The first-order valence-corrected chi connectivity index (χ1v) is 12.6. The monoisotopic (exact) mass is 455 g/mol. The Labute approximate surface area is 203 Å². The molecule has 3 atom stereocenters. The summed E-state index contributed by atoms with van der Waals surface area (Å²) >= 11 is 0. The van der Waals surface area contributed by atoms with E-state index in [1.807, 2.05) is 60.7 Å². The lowest BCUT2D eigenvalue weighted by Gasteiger charge is -2.53. The first-order chi connectivity index (χ1) is 16.6. The molecule has 0 saturated carbocycles. The minimum atomic E-state index is -0.518. The number of piperidine rings is 3. The number of carbonyl (C=O) groups excluding carboxylic acids is 1. The molecule has 0 aliphatic carbocycles. The molecule has 3 saturated heterocycles. The smallest absolute Gasteiger partial charge is 0.333 e. The molecule has 3 aliphatic heterocycles. The van der Waals surface area contributed by atoms with Crippen LogP contribution in [-0.4, -0.2) is 42.7 Å². The fourth-order valence-corrected chi connectivity index (χ4v) is 5.92. The fourth-order valence-electron chi connectivity index (χ4n) is 5.92. The lowest BCUT2D eigenvalue weighted by atomic mass is 9.82. The molecule has 4 heteroatoms. The summed E-state index contributed by atoms with van der Waals surface area (Å²) in [5.41, 5.74) is 3.24. The topological polar surface area (TPSA) is 38.3 Å². The lowest BCUT2D eigenvalue weighted by Crippen LogP contribution is -2.65. The molecule has 3 aliphatic rings. The van der Waals surface area contributed by atoms with Gasteiger partial charge in [-0.1, -0.05) is 85.8 Å². The Balaban J connectivity index is 1.30. The van der Waals surface area contributed by atoms with E-state index in [0.717, 1.165) is 41.7 Å². The molecule has 1 N–H and O–H groups in total. The predicted octanol–water partition coefficient (Wildman–Crippen LogP) is 5.80. The molecule has 0 amide bonds. The van der Waals surface area contributed by atoms with Gasteiger partial charge in [0.2, 0.25) is 0 Å². The van der Waals surface area contributed by atoms with Crippen molar-refractivity contribution in [1.29, 1.82) is 0 Å². The van der Waals surface area contributed by atoms with Crippen LogP contribution in [0.4, 0.5) is 5.69 Å². The fraction of sp³-hybridized carbons (Fsp3) is 0.367. The average molecular weight is 456 g/mol. The van der Waals surface area contributed by atoms with Gasteiger partial charge in [0, 0.05) is 30.4 Å². The summed E-state index contributed by atoms with van der Waals surface area (Å²) < 4.78 is 7.37. The van der Waals surface area contributed by atoms with Crippen LogP contribution in [0.25, 0.3) is 0 Å². The molecule has 3 heterocycles. The second kappa shape index (κ2) is 10.0. The number of esters is 1. The van der Waals surface area contributed by atoms with Gasteiger partial charge < -0.3 is 14.5 Å². The SMILES string of the molecule is CC(C[N+]12CCC(CC1)C(OC(=O)C(Nc1ccccc1)c1ccccc1)C2)c1ccccc1. The second-order valence-corrected chi connectivity index (χ2v) is 10.1. The molecule has 2 bridgehead atoms. The third-order valence-electron chi connectivity index (χ3n) is 7.79. The predicted molar refractivity (Wildman–Crippen MR) is 136 cm³/mol. The number of benzene rings is 3. The van der Waals surface area contributed by atoms with Crippen LogP contribution in [0.1, 0.15) is 42.9 Å². The molecule has 34 heavy (non-hydrogen) atoms. The Bertz CT molecular complexity index is 1060. The van der Waals surface area contributed by atoms with Gasteiger partial charge in [-0.25, -0.2) is 4.79 Å². The summed E-state index contributed by atoms with van der Waals surface area (Å²) in [5.74, 6) is 0.788. The highest BCUT2D eigenvalue weighted by atomic mass is 16.5. The van der Waals surface area contributed by atoms with E-state index in [4.69, 9.17) is 4.74 Å². The van der Waals surface area contributed by atoms with Crippen molar-refractivity contribution in [1.82, 2.24) is 0 Å². The zero-order chi connectivity index (χ0) is 23.4. The molecule has 3 aromatic carbocycles. The Morgan fingerprint density at radius 2 is 1.44 bits per heavy atom. The number of nitrogens with one attached hydrogen (secondary N) is 1. The van der Waals surface area contributed by atoms with Crippen molar-refractivity contribution in [3.05, 3.63) is 102 Å². The summed E-state index contributed by atoms with van der Waals surface area (Å²) in [4.78, 5) is 13.5. The van der Waals surface area contributed by atoms with Crippen LogP contribution in [0.15, 0.2) is 91.0 Å². The van der Waals surface area contributed by atoms with Gasteiger partial charge in [-0.3, -0.25) is 0 Å². The van der Waals surface area contributed by atoms with E-state index in [-0.39, 0.29) is 12.1 Å². The zero-order valence-electron chi connectivity index (χ0n) is 20.0. The molecule has 0 radical (unpaired) electrons. The van der Waals surface area contributed by atoms with Gasteiger partial charge in [-0.15, -0.1) is 0 Å². The van der Waals surface area contributed by atoms with Gasteiger partial charge in [0.25, 0.3) is 0 Å². The number of fused-ring (bicyclic) bond motifs is 3. The van der Waals surface area contributed by atoms with Crippen LogP contribution < -0.4 is 5.32 Å². The van der Waals surface area contributed by atoms with Gasteiger partial charge in [0.1, 0.15) is 6.54 Å². The van der Waals surface area contributed by atoms with E-state index in [1.165, 1.54) is 18.7 Å². The Kier molecular flexibility index (Phi) is 6.68. The van der Waals surface area contributed by atoms with Gasteiger partial charge in [0.05, 0.1) is 19.6 Å². The number of hydrogen-bond acceptors (Lipinski definition) is 3. The molecule has 0 aromatic heterocycles. The molecule has 3 fully saturated rings. The van der Waals surface area contributed by atoms with E-state index < -0.39 is 6.04 Å². The number of carbonyl (C=O) groups is 1. The number of rotatable bonds is 8. The molecular weight excluding hydrogens is 420 g/mol. The Hall–Kier alpha value is -3.11. The van der Waals surface area contributed by atoms with Crippen LogP contribution in [-0.2, 0) is 9.53 Å². The summed E-state index contributed by atoms with van der Waals surface area (Å²) in [6.45, 7) is 6.76. The van der Waals surface area contributed by atoms with Crippen LogP contribution >= 0.6 is 0 Å². The van der Waals surface area contributed by atoms with Gasteiger partial charge in [0.15, 0.2) is 12.1 Å². The largest absolute Gasteiger partial charge is 0.454 e. The van der Waals surface area contributed by atoms with Crippen LogP contribution in [0, 0.1) is 5.92 Å². The maximum absolute atomic E-state index is 13.5. The normalized spacial score (nSPS) is 25.3. The molecule has 6 rings (SSSR count). The standard InChI is InChI=1S/C30H35N2O2/c1-23(24-11-5-2-6-12-24)21-32-19-17-25(18-20-32)28(22-32)34-30(33)29(26-13-7-3-8-14-26)31-27-15-9-4-10-16-27/h2-16,23,25,28-29,31H,17-22H2,1H3/q+1. The van der Waals surface area contributed by atoms with Gasteiger partial charge >= 0.3 is 5.97 Å². The van der Waals surface area contributed by atoms with Crippen molar-refractivity contribution < 1.29 is 14.0 Å². The van der Waals surface area contributed by atoms with Crippen LogP contribution in [0.5, 0.6) is 0 Å². The molecule has 176 valence electrons. The summed E-state index contributed by atoms with van der Waals surface area (Å²) in [5, 5.41) is 3.41. The first-order valence-electron chi connectivity index (χ1n) is 12.6. The second-order valence-electron chi connectivity index (χ2n) is 10.1. The zero-order valence-corrected chi connectivity index (χ0v) is 20.0. The molecule has 4 nitrogen and oxygen atoms in total. The van der Waals surface area contributed by atoms with E-state index in [9.17, 15) is 4.79 Å². The van der Waals surface area contributed by atoms with E-state index in [1.54, 1.807) is 0 Å². The Morgan fingerprint density at radius 1 is 0.882 bits per heavy atom. The number of anilines is 1. The highest BCUT2D eigenvalue weighted by Gasteiger charge is 2.48. The van der Waals surface area contributed by atoms with Crippen molar-refractivity contribution >= 4 is 11.7 Å². The maximum atomic E-state index is 13.5. The number of ether oxygens (including phenoxy) is 1. The Morgan fingerprint density at radius 3 is 2.06 bits per heavy atom. The molecule has 3 aromatic rings. The molecular formula is C30H35N2O2+. The summed E-state index contributed by atoms with van der Waals surface area (Å²) in [6, 6.07) is 30.1. The van der Waals surface area contributed by atoms with E-state index >= 15 is 0 Å². The number of para-hydroxylation sites is 1. The molecule has 0 spiro atoms. The minimum absolute atomic E-state index is 0.0123. The van der Waals surface area contributed by atoms with Crippen LogP contribution in [0.3, 0.4) is 0 Å². The van der Waals surface area contributed by atoms with Crippen molar-refractivity contribution in [2.45, 2.75) is 37.8 Å². The quantitative estimate of drug-likeness (QED) is 0.345. The van der Waals surface area contributed by atoms with E-state index in [0.29, 0.717) is 11.8 Å². The third-order valence-corrected chi connectivity index (χ3v) is 7.79. The number of quaternary nitrogens is 1. The van der Waals surface area contributed by atoms with Crippen molar-refractivity contribution in [3.8, 4) is 0 Å². The maximum Gasteiger partial charge on any atom is 0.333 e.